The highest BCUT2D eigenvalue weighted by Gasteiger charge is 2.19. The fourth-order valence-electron chi connectivity index (χ4n) is 4.94. The van der Waals surface area contributed by atoms with Crippen molar-refractivity contribution in [2.45, 2.75) is 38.5 Å². The Morgan fingerprint density at radius 2 is 1.16 bits per heavy atom. The predicted molar refractivity (Wildman–Crippen MR) is 135 cm³/mol. The molecule has 2 aliphatic rings. The Bertz CT molecular complexity index is 882. The molecule has 0 amide bonds. The van der Waals surface area contributed by atoms with Gasteiger partial charge in [-0.15, -0.1) is 0 Å². The van der Waals surface area contributed by atoms with E-state index in [1.165, 1.54) is 49.9 Å². The zero-order valence-electron chi connectivity index (χ0n) is 19.6. The van der Waals surface area contributed by atoms with Gasteiger partial charge in [0.05, 0.1) is 14.2 Å². The molecule has 0 unspecified atom stereocenters. The van der Waals surface area contributed by atoms with Gasteiger partial charge in [-0.05, 0) is 68.4 Å². The van der Waals surface area contributed by atoms with Crippen LogP contribution < -0.4 is 19.3 Å². The van der Waals surface area contributed by atoms with Crippen molar-refractivity contribution in [3.05, 3.63) is 66.3 Å². The van der Waals surface area contributed by atoms with Crippen molar-refractivity contribution in [3.63, 3.8) is 0 Å². The van der Waals surface area contributed by atoms with Crippen LogP contribution in [0.3, 0.4) is 0 Å². The van der Waals surface area contributed by atoms with Crippen LogP contribution in [0, 0.1) is 0 Å². The minimum absolute atomic E-state index is 0.878. The van der Waals surface area contributed by atoms with Crippen LogP contribution in [0.25, 0.3) is 5.57 Å². The molecule has 170 valence electrons. The predicted octanol–water partition coefficient (Wildman–Crippen LogP) is 6.30. The van der Waals surface area contributed by atoms with Crippen molar-refractivity contribution >= 4 is 16.9 Å². The van der Waals surface area contributed by atoms with E-state index in [0.29, 0.717) is 0 Å². The van der Waals surface area contributed by atoms with Gasteiger partial charge in [0, 0.05) is 60.8 Å². The van der Waals surface area contributed by atoms with Crippen molar-refractivity contribution < 1.29 is 9.47 Å². The van der Waals surface area contributed by atoms with Crippen molar-refractivity contribution in [2.75, 3.05) is 50.2 Å². The van der Waals surface area contributed by atoms with Crippen LogP contribution in [0.1, 0.15) is 49.7 Å². The fourth-order valence-corrected chi connectivity index (χ4v) is 4.94. The van der Waals surface area contributed by atoms with Gasteiger partial charge in [-0.3, -0.25) is 0 Å². The zero-order chi connectivity index (χ0) is 22.3. The monoisotopic (exact) mass is 432 g/mol. The van der Waals surface area contributed by atoms with Crippen LogP contribution in [0.4, 0.5) is 11.4 Å². The lowest BCUT2D eigenvalue weighted by Gasteiger charge is -2.30. The first kappa shape index (κ1) is 22.3. The topological polar surface area (TPSA) is 24.9 Å². The number of hydrogen-bond donors (Lipinski definition) is 0. The third-order valence-corrected chi connectivity index (χ3v) is 6.68. The second-order valence-corrected chi connectivity index (χ2v) is 8.68. The van der Waals surface area contributed by atoms with Gasteiger partial charge >= 0.3 is 0 Å². The summed E-state index contributed by atoms with van der Waals surface area (Å²) in [5.74, 6) is 1.76. The van der Waals surface area contributed by atoms with E-state index in [1.807, 2.05) is 6.08 Å². The molecule has 32 heavy (non-hydrogen) atoms. The Labute approximate surface area is 193 Å². The average molecular weight is 433 g/mol. The maximum absolute atomic E-state index is 5.87. The second kappa shape index (κ2) is 10.6. The first-order chi connectivity index (χ1) is 15.7. The number of nitrogens with zero attached hydrogens (tertiary/aromatic N) is 2. The molecular formula is C28H36N2O2. The highest BCUT2D eigenvalue weighted by Crippen LogP contribution is 2.39. The molecular weight excluding hydrogens is 396 g/mol. The molecule has 4 nitrogen and oxygen atoms in total. The molecule has 0 saturated carbocycles. The Morgan fingerprint density at radius 1 is 0.719 bits per heavy atom. The van der Waals surface area contributed by atoms with Gasteiger partial charge in [-0.25, -0.2) is 0 Å². The Morgan fingerprint density at radius 3 is 1.53 bits per heavy atom. The Kier molecular flexibility index (Phi) is 7.41. The lowest BCUT2D eigenvalue weighted by atomic mass is 9.94. The number of methoxy groups -OCH3 is 2. The SMILES string of the molecule is C=CC=C(c1ccc(N2CCCCC2)cc1OC)c1ccc(N2CCCCC2)cc1OC. The average Bonchev–Trinajstić information content (AvgIpc) is 2.87. The molecule has 2 aliphatic heterocycles. The first-order valence-electron chi connectivity index (χ1n) is 11.9. The summed E-state index contributed by atoms with van der Waals surface area (Å²) < 4.78 is 11.7. The lowest BCUT2D eigenvalue weighted by molar-refractivity contribution is 0.411. The van der Waals surface area contributed by atoms with Gasteiger partial charge in [-0.1, -0.05) is 18.7 Å². The number of piperidine rings is 2. The van der Waals surface area contributed by atoms with Gasteiger partial charge in [0.25, 0.3) is 0 Å². The third-order valence-electron chi connectivity index (χ3n) is 6.68. The molecule has 0 spiro atoms. The van der Waals surface area contributed by atoms with Gasteiger partial charge in [-0.2, -0.15) is 0 Å². The number of ether oxygens (including phenoxy) is 2. The summed E-state index contributed by atoms with van der Waals surface area (Å²) >= 11 is 0. The zero-order valence-corrected chi connectivity index (χ0v) is 19.6. The number of allylic oxidation sites excluding steroid dienone is 2. The van der Waals surface area contributed by atoms with Gasteiger partial charge < -0.3 is 19.3 Å². The van der Waals surface area contributed by atoms with Gasteiger partial charge in [0.15, 0.2) is 0 Å². The van der Waals surface area contributed by atoms with Gasteiger partial charge in [0.2, 0.25) is 0 Å². The summed E-state index contributed by atoms with van der Waals surface area (Å²) in [6, 6.07) is 13.1. The summed E-state index contributed by atoms with van der Waals surface area (Å²) in [6.45, 7) is 8.43. The molecule has 2 aromatic carbocycles. The van der Waals surface area contributed by atoms with Gasteiger partial charge in [0.1, 0.15) is 11.5 Å². The van der Waals surface area contributed by atoms with Crippen LogP contribution in [-0.2, 0) is 0 Å². The minimum atomic E-state index is 0.878. The first-order valence-corrected chi connectivity index (χ1v) is 11.9. The van der Waals surface area contributed by atoms with Crippen LogP contribution in [0.15, 0.2) is 55.1 Å². The smallest absolute Gasteiger partial charge is 0.128 e. The molecule has 2 saturated heterocycles. The quantitative estimate of drug-likeness (QED) is 0.479. The van der Waals surface area contributed by atoms with Crippen LogP contribution in [0.2, 0.25) is 0 Å². The fraction of sp³-hybridized carbons (Fsp3) is 0.429. The molecule has 2 fully saturated rings. The van der Waals surface area contributed by atoms with Crippen molar-refractivity contribution in [3.8, 4) is 11.5 Å². The molecule has 4 heteroatoms. The minimum Gasteiger partial charge on any atom is -0.496 e. The molecule has 0 bridgehead atoms. The molecule has 2 aromatic rings. The van der Waals surface area contributed by atoms with Crippen molar-refractivity contribution in [2.24, 2.45) is 0 Å². The molecule has 2 heterocycles. The highest BCUT2D eigenvalue weighted by molar-refractivity contribution is 5.87. The van der Waals surface area contributed by atoms with E-state index in [1.54, 1.807) is 14.2 Å². The maximum atomic E-state index is 5.87. The highest BCUT2D eigenvalue weighted by atomic mass is 16.5. The van der Waals surface area contributed by atoms with E-state index in [-0.39, 0.29) is 0 Å². The van der Waals surface area contributed by atoms with E-state index in [2.05, 4.69) is 58.9 Å². The lowest BCUT2D eigenvalue weighted by Crippen LogP contribution is -2.29. The normalized spacial score (nSPS) is 16.4. The Hall–Kier alpha value is -2.88. The van der Waals surface area contributed by atoms with E-state index >= 15 is 0 Å². The third kappa shape index (κ3) is 4.79. The molecule has 0 aromatic heterocycles. The molecule has 0 atom stereocenters. The van der Waals surface area contributed by atoms with E-state index in [4.69, 9.17) is 9.47 Å². The van der Waals surface area contributed by atoms with E-state index in [0.717, 1.165) is 54.4 Å². The largest absolute Gasteiger partial charge is 0.496 e. The second-order valence-electron chi connectivity index (χ2n) is 8.68. The molecule has 0 radical (unpaired) electrons. The maximum Gasteiger partial charge on any atom is 0.128 e. The summed E-state index contributed by atoms with van der Waals surface area (Å²) in [5, 5.41) is 0. The van der Waals surface area contributed by atoms with Crippen molar-refractivity contribution in [1.29, 1.82) is 0 Å². The number of benzene rings is 2. The van der Waals surface area contributed by atoms with Crippen molar-refractivity contribution in [1.82, 2.24) is 0 Å². The van der Waals surface area contributed by atoms with E-state index < -0.39 is 0 Å². The number of hydrogen-bond acceptors (Lipinski definition) is 4. The summed E-state index contributed by atoms with van der Waals surface area (Å²) in [5.41, 5.74) is 5.63. The van der Waals surface area contributed by atoms with Crippen LogP contribution in [-0.4, -0.2) is 40.4 Å². The number of anilines is 2. The molecule has 0 aliphatic carbocycles. The van der Waals surface area contributed by atoms with Crippen LogP contribution in [0.5, 0.6) is 11.5 Å². The summed E-state index contributed by atoms with van der Waals surface area (Å²) in [7, 11) is 3.50. The standard InChI is InChI=1S/C28H36N2O2/c1-4-11-24(25-14-12-22(20-27(25)31-2)29-16-7-5-8-17-29)26-15-13-23(21-28(26)32-3)30-18-9-6-10-19-30/h4,11-15,20-21H,1,5-10,16-19H2,2-3H3. The van der Waals surface area contributed by atoms with Crippen LogP contribution >= 0.6 is 0 Å². The summed E-state index contributed by atoms with van der Waals surface area (Å²) in [4.78, 5) is 4.92. The summed E-state index contributed by atoms with van der Waals surface area (Å²) in [6.07, 6.45) is 11.6. The van der Waals surface area contributed by atoms with E-state index in [9.17, 15) is 0 Å². The molecule has 4 rings (SSSR count). The Balaban J connectivity index is 1.70. The molecule has 0 N–H and O–H groups in total. The number of rotatable bonds is 7.